The van der Waals surface area contributed by atoms with Gasteiger partial charge in [-0.15, -0.1) is 0 Å². The summed E-state index contributed by atoms with van der Waals surface area (Å²) in [6.07, 6.45) is 4.76. The van der Waals surface area contributed by atoms with Gasteiger partial charge in [0, 0.05) is 18.2 Å². The summed E-state index contributed by atoms with van der Waals surface area (Å²) in [4.78, 5) is 11.8. The highest BCUT2D eigenvalue weighted by molar-refractivity contribution is 5.92. The Labute approximate surface area is 112 Å². The minimum atomic E-state index is -0.237. The highest BCUT2D eigenvalue weighted by Crippen LogP contribution is 2.18. The highest BCUT2D eigenvalue weighted by atomic mass is 16.5. The van der Waals surface area contributed by atoms with E-state index in [2.05, 4.69) is 10.5 Å². The van der Waals surface area contributed by atoms with E-state index < -0.39 is 0 Å². The number of hydrogen-bond donors (Lipinski definition) is 1. The number of nitrogens with one attached hydrogen (secondary N) is 1. The molecule has 1 aromatic heterocycles. The van der Waals surface area contributed by atoms with Gasteiger partial charge in [-0.2, -0.15) is 0 Å². The fourth-order valence-electron chi connectivity index (χ4n) is 1.65. The number of carbonyl (C=O) groups excluding carboxylic acids is 1. The molecule has 2 rings (SSSR count). The van der Waals surface area contributed by atoms with Crippen LogP contribution in [0.1, 0.15) is 23.9 Å². The van der Waals surface area contributed by atoms with Crippen LogP contribution < -0.4 is 5.32 Å². The van der Waals surface area contributed by atoms with E-state index in [1.165, 1.54) is 0 Å². The lowest BCUT2D eigenvalue weighted by molar-refractivity contribution is 0.0917. The first-order valence-corrected chi connectivity index (χ1v) is 6.22. The van der Waals surface area contributed by atoms with Crippen LogP contribution in [0.5, 0.6) is 0 Å². The first kappa shape index (κ1) is 13.1. The molecular weight excluding hydrogens is 240 g/mol. The van der Waals surface area contributed by atoms with E-state index in [0.29, 0.717) is 12.2 Å². The number of benzene rings is 1. The van der Waals surface area contributed by atoms with Gasteiger partial charge in [0.05, 0.1) is 0 Å². The summed E-state index contributed by atoms with van der Waals surface area (Å²) in [5.41, 5.74) is 1.60. The molecule has 0 bridgehead atoms. The van der Waals surface area contributed by atoms with Gasteiger partial charge in [-0.05, 0) is 13.3 Å². The van der Waals surface area contributed by atoms with Crippen LogP contribution in [0.2, 0.25) is 0 Å². The molecule has 4 heteroatoms. The second-order valence-electron chi connectivity index (χ2n) is 4.06. The molecule has 1 aromatic carbocycles. The Balaban J connectivity index is 1.99. The molecule has 19 heavy (non-hydrogen) atoms. The van der Waals surface area contributed by atoms with Crippen LogP contribution in [-0.4, -0.2) is 17.6 Å². The molecule has 0 aliphatic rings. The maximum Gasteiger partial charge on any atom is 0.289 e. The molecule has 0 aliphatic heterocycles. The van der Waals surface area contributed by atoms with Crippen molar-refractivity contribution >= 4 is 5.91 Å². The fraction of sp³-hybridized carbons (Fsp3) is 0.200. The molecule has 1 heterocycles. The number of nitrogens with zero attached hydrogens (tertiary/aromatic N) is 1. The van der Waals surface area contributed by atoms with Crippen molar-refractivity contribution in [2.45, 2.75) is 13.3 Å². The van der Waals surface area contributed by atoms with Gasteiger partial charge in [0.15, 0.2) is 0 Å². The summed E-state index contributed by atoms with van der Waals surface area (Å²) < 4.78 is 5.06. The Morgan fingerprint density at radius 3 is 2.89 bits per heavy atom. The topological polar surface area (TPSA) is 55.1 Å². The van der Waals surface area contributed by atoms with Gasteiger partial charge in [0.2, 0.25) is 5.76 Å². The van der Waals surface area contributed by atoms with E-state index in [-0.39, 0.29) is 11.7 Å². The van der Waals surface area contributed by atoms with Crippen molar-refractivity contribution in [1.29, 1.82) is 0 Å². The molecule has 4 nitrogen and oxygen atoms in total. The van der Waals surface area contributed by atoms with E-state index in [1.807, 2.05) is 49.4 Å². The third kappa shape index (κ3) is 3.55. The zero-order chi connectivity index (χ0) is 13.5. The van der Waals surface area contributed by atoms with Crippen LogP contribution in [0.4, 0.5) is 0 Å². The maximum atomic E-state index is 11.8. The van der Waals surface area contributed by atoms with Crippen LogP contribution in [-0.2, 0) is 0 Å². The molecule has 0 radical (unpaired) electrons. The van der Waals surface area contributed by atoms with E-state index in [9.17, 15) is 4.79 Å². The quantitative estimate of drug-likeness (QED) is 0.660. The molecule has 1 amide bonds. The Kier molecular flexibility index (Phi) is 4.50. The molecular formula is C15H16N2O2. The zero-order valence-corrected chi connectivity index (χ0v) is 10.8. The lowest BCUT2D eigenvalue weighted by atomic mass is 10.1. The maximum absolute atomic E-state index is 11.8. The Hall–Kier alpha value is -2.36. The third-order valence-corrected chi connectivity index (χ3v) is 2.64. The average Bonchev–Trinajstić information content (AvgIpc) is 2.94. The molecule has 0 unspecified atom stereocenters. The van der Waals surface area contributed by atoms with Crippen molar-refractivity contribution in [3.63, 3.8) is 0 Å². The Morgan fingerprint density at radius 1 is 1.37 bits per heavy atom. The minimum absolute atomic E-state index is 0.235. The van der Waals surface area contributed by atoms with Crippen LogP contribution >= 0.6 is 0 Å². The van der Waals surface area contributed by atoms with Gasteiger partial charge >= 0.3 is 0 Å². The molecule has 98 valence electrons. The SMILES string of the molecule is C/C=C/CCNC(=O)c1cc(-c2ccccc2)no1. The van der Waals surface area contributed by atoms with Crippen molar-refractivity contribution in [3.8, 4) is 11.3 Å². The lowest BCUT2D eigenvalue weighted by Crippen LogP contribution is -2.23. The summed E-state index contributed by atoms with van der Waals surface area (Å²) in [5.74, 6) is -0.00137. The summed E-state index contributed by atoms with van der Waals surface area (Å²) in [6.45, 7) is 2.54. The summed E-state index contributed by atoms with van der Waals surface area (Å²) >= 11 is 0. The van der Waals surface area contributed by atoms with Gasteiger partial charge in [-0.1, -0.05) is 47.6 Å². The second-order valence-corrected chi connectivity index (χ2v) is 4.06. The normalized spacial score (nSPS) is 10.8. The second kappa shape index (κ2) is 6.54. The molecule has 0 fully saturated rings. The average molecular weight is 256 g/mol. The number of amides is 1. The predicted molar refractivity (Wildman–Crippen MR) is 73.7 cm³/mol. The molecule has 0 saturated heterocycles. The van der Waals surface area contributed by atoms with Gasteiger partial charge < -0.3 is 9.84 Å². The lowest BCUT2D eigenvalue weighted by Gasteiger charge is -1.98. The Morgan fingerprint density at radius 2 is 2.16 bits per heavy atom. The molecule has 1 N–H and O–H groups in total. The van der Waals surface area contributed by atoms with Crippen LogP contribution in [0, 0.1) is 0 Å². The van der Waals surface area contributed by atoms with Crippen molar-refractivity contribution < 1.29 is 9.32 Å². The van der Waals surface area contributed by atoms with E-state index in [4.69, 9.17) is 4.52 Å². The van der Waals surface area contributed by atoms with Crippen LogP contribution in [0.15, 0.2) is 53.1 Å². The highest BCUT2D eigenvalue weighted by Gasteiger charge is 2.12. The number of allylic oxidation sites excluding steroid dienone is 1. The van der Waals surface area contributed by atoms with E-state index >= 15 is 0 Å². The van der Waals surface area contributed by atoms with Crippen LogP contribution in [0.3, 0.4) is 0 Å². The minimum Gasteiger partial charge on any atom is -0.350 e. The molecule has 0 saturated carbocycles. The Bertz CT molecular complexity index is 559. The van der Waals surface area contributed by atoms with Crippen molar-refractivity contribution in [3.05, 3.63) is 54.3 Å². The molecule has 0 atom stereocenters. The van der Waals surface area contributed by atoms with Gasteiger partial charge in [-0.25, -0.2) is 0 Å². The van der Waals surface area contributed by atoms with Crippen LogP contribution in [0.25, 0.3) is 11.3 Å². The predicted octanol–water partition coefficient (Wildman–Crippen LogP) is 3.04. The molecule has 0 spiro atoms. The number of rotatable bonds is 5. The monoisotopic (exact) mass is 256 g/mol. The van der Waals surface area contributed by atoms with Crippen molar-refractivity contribution in [2.24, 2.45) is 0 Å². The number of aromatic nitrogens is 1. The standard InChI is InChI=1S/C15H16N2O2/c1-2-3-7-10-16-15(18)14-11-13(17-19-14)12-8-5-4-6-9-12/h2-6,8-9,11H,7,10H2,1H3,(H,16,18)/b3-2+. The van der Waals surface area contributed by atoms with Gasteiger partial charge in [0.1, 0.15) is 5.69 Å². The number of hydrogen-bond acceptors (Lipinski definition) is 3. The third-order valence-electron chi connectivity index (χ3n) is 2.64. The van der Waals surface area contributed by atoms with Gasteiger partial charge in [0.25, 0.3) is 5.91 Å². The first-order chi connectivity index (χ1) is 9.31. The van der Waals surface area contributed by atoms with E-state index in [1.54, 1.807) is 6.07 Å². The first-order valence-electron chi connectivity index (χ1n) is 6.22. The summed E-state index contributed by atoms with van der Waals surface area (Å²) in [6, 6.07) is 11.3. The summed E-state index contributed by atoms with van der Waals surface area (Å²) in [5, 5.41) is 6.68. The zero-order valence-electron chi connectivity index (χ0n) is 10.8. The van der Waals surface area contributed by atoms with Crippen molar-refractivity contribution in [1.82, 2.24) is 10.5 Å². The van der Waals surface area contributed by atoms with Gasteiger partial charge in [-0.3, -0.25) is 4.79 Å². The molecule has 2 aromatic rings. The number of carbonyl (C=O) groups is 1. The molecule has 0 aliphatic carbocycles. The fourth-order valence-corrected chi connectivity index (χ4v) is 1.65. The smallest absolute Gasteiger partial charge is 0.289 e. The van der Waals surface area contributed by atoms with Crippen molar-refractivity contribution in [2.75, 3.05) is 6.54 Å². The van der Waals surface area contributed by atoms with E-state index in [0.717, 1.165) is 12.0 Å². The largest absolute Gasteiger partial charge is 0.350 e. The summed E-state index contributed by atoms with van der Waals surface area (Å²) in [7, 11) is 0.